The fourth-order valence-corrected chi connectivity index (χ4v) is 3.29. The van der Waals surface area contributed by atoms with Crippen LogP contribution in [0.4, 0.5) is 0 Å². The molecule has 0 saturated heterocycles. The highest BCUT2D eigenvalue weighted by atomic mass is 127. The number of aliphatic imine (C=N–C) groups is 1. The van der Waals surface area contributed by atoms with Crippen LogP contribution in [0.3, 0.4) is 0 Å². The molecule has 0 fully saturated rings. The van der Waals surface area contributed by atoms with Crippen LogP contribution >= 0.6 is 24.0 Å². The summed E-state index contributed by atoms with van der Waals surface area (Å²) in [5, 5.41) is 12.1. The Morgan fingerprint density at radius 3 is 2.53 bits per heavy atom. The Hall–Kier alpha value is -2.55. The van der Waals surface area contributed by atoms with Crippen molar-refractivity contribution < 1.29 is 9.21 Å². The molecule has 0 aliphatic heterocycles. The Labute approximate surface area is 194 Å². The van der Waals surface area contributed by atoms with Gasteiger partial charge in [0.2, 0.25) is 0 Å². The molecule has 30 heavy (non-hydrogen) atoms. The number of benzene rings is 2. The molecule has 1 unspecified atom stereocenters. The minimum atomic E-state index is -0.181. The van der Waals surface area contributed by atoms with Crippen molar-refractivity contribution in [2.45, 2.75) is 26.3 Å². The number of aryl methyl sites for hydroxylation is 1. The lowest BCUT2D eigenvalue weighted by Crippen LogP contribution is -2.40. The predicted octanol–water partition coefficient (Wildman–Crippen LogP) is 4.41. The van der Waals surface area contributed by atoms with Crippen LogP contribution in [0.15, 0.2) is 64.2 Å². The van der Waals surface area contributed by atoms with Gasteiger partial charge in [-0.1, -0.05) is 42.5 Å². The van der Waals surface area contributed by atoms with Crippen molar-refractivity contribution in [1.82, 2.24) is 16.0 Å². The molecule has 2 aromatic carbocycles. The Morgan fingerprint density at radius 1 is 1.07 bits per heavy atom. The van der Waals surface area contributed by atoms with Crippen LogP contribution < -0.4 is 16.0 Å². The third kappa shape index (κ3) is 5.98. The lowest BCUT2D eigenvalue weighted by Gasteiger charge is -2.20. The average Bonchev–Trinajstić information content (AvgIpc) is 3.17. The van der Waals surface area contributed by atoms with Gasteiger partial charge in [0, 0.05) is 25.7 Å². The molecule has 6 nitrogen and oxygen atoms in total. The second kappa shape index (κ2) is 11.6. The second-order valence-corrected chi connectivity index (χ2v) is 6.98. The Kier molecular flexibility index (Phi) is 9.16. The largest absolute Gasteiger partial charge is 0.459 e. The molecule has 3 aromatic rings. The Morgan fingerprint density at radius 2 is 1.80 bits per heavy atom. The summed E-state index contributed by atoms with van der Waals surface area (Å²) < 4.78 is 5.20. The van der Waals surface area contributed by atoms with E-state index in [0.717, 1.165) is 17.9 Å². The molecule has 0 spiro atoms. The van der Waals surface area contributed by atoms with Crippen LogP contribution in [-0.2, 0) is 0 Å². The Bertz CT molecular complexity index is 994. The van der Waals surface area contributed by atoms with E-state index in [1.807, 2.05) is 6.92 Å². The van der Waals surface area contributed by atoms with Crippen LogP contribution in [0.5, 0.6) is 0 Å². The van der Waals surface area contributed by atoms with E-state index in [0.29, 0.717) is 18.8 Å². The highest BCUT2D eigenvalue weighted by molar-refractivity contribution is 14.0. The van der Waals surface area contributed by atoms with Gasteiger partial charge in [-0.2, -0.15) is 0 Å². The zero-order valence-corrected chi connectivity index (χ0v) is 19.9. The first-order valence-corrected chi connectivity index (χ1v) is 9.87. The fraction of sp³-hybridized carbons (Fsp3) is 0.304. The molecule has 0 bridgehead atoms. The molecule has 3 rings (SSSR count). The number of carbonyl (C=O) groups is 1. The van der Waals surface area contributed by atoms with Crippen LogP contribution in [0.1, 0.15) is 41.1 Å². The first-order valence-electron chi connectivity index (χ1n) is 9.87. The fourth-order valence-electron chi connectivity index (χ4n) is 3.29. The molecule has 0 saturated carbocycles. The minimum Gasteiger partial charge on any atom is -0.459 e. The van der Waals surface area contributed by atoms with E-state index < -0.39 is 0 Å². The normalized spacial score (nSPS) is 12.2. The van der Waals surface area contributed by atoms with Crippen LogP contribution in [0, 0.1) is 6.92 Å². The Balaban J connectivity index is 0.00000320. The topological polar surface area (TPSA) is 78.7 Å². The number of halogens is 1. The second-order valence-electron chi connectivity index (χ2n) is 6.98. The summed E-state index contributed by atoms with van der Waals surface area (Å²) >= 11 is 0. The molecule has 0 aliphatic rings. The SMILES string of the molecule is CN=C(NCCCNC(=O)c1occc1C)NC(C)c1cccc2ccccc12.I. The van der Waals surface area contributed by atoms with Gasteiger partial charge < -0.3 is 20.4 Å². The zero-order valence-electron chi connectivity index (χ0n) is 17.6. The van der Waals surface area contributed by atoms with Crippen molar-refractivity contribution in [2.24, 2.45) is 4.99 Å². The lowest BCUT2D eigenvalue weighted by molar-refractivity contribution is 0.0925. The molecular weight excluding hydrogens is 491 g/mol. The molecule has 1 amide bonds. The summed E-state index contributed by atoms with van der Waals surface area (Å²) in [6.45, 7) is 5.23. The first-order chi connectivity index (χ1) is 14.1. The van der Waals surface area contributed by atoms with Crippen LogP contribution in [0.2, 0.25) is 0 Å². The van der Waals surface area contributed by atoms with Crippen molar-refractivity contribution in [3.05, 3.63) is 71.7 Å². The van der Waals surface area contributed by atoms with Gasteiger partial charge in [0.25, 0.3) is 5.91 Å². The highest BCUT2D eigenvalue weighted by Crippen LogP contribution is 2.23. The van der Waals surface area contributed by atoms with Crippen molar-refractivity contribution in [3.8, 4) is 0 Å². The molecule has 3 N–H and O–H groups in total. The quantitative estimate of drug-likeness (QED) is 0.187. The van der Waals surface area contributed by atoms with Gasteiger partial charge in [0.15, 0.2) is 11.7 Å². The maximum atomic E-state index is 12.0. The number of guanidine groups is 1. The summed E-state index contributed by atoms with van der Waals surface area (Å²) in [7, 11) is 1.76. The van der Waals surface area contributed by atoms with Gasteiger partial charge in [-0.3, -0.25) is 9.79 Å². The molecule has 1 heterocycles. The molecule has 0 radical (unpaired) electrons. The van der Waals surface area contributed by atoms with Crippen molar-refractivity contribution in [3.63, 3.8) is 0 Å². The van der Waals surface area contributed by atoms with Gasteiger partial charge in [0.05, 0.1) is 12.3 Å². The van der Waals surface area contributed by atoms with Crippen molar-refractivity contribution in [2.75, 3.05) is 20.1 Å². The number of hydrogen-bond donors (Lipinski definition) is 3. The summed E-state index contributed by atoms with van der Waals surface area (Å²) in [5.41, 5.74) is 2.07. The average molecular weight is 520 g/mol. The molecule has 7 heteroatoms. The summed E-state index contributed by atoms with van der Waals surface area (Å²) in [5.74, 6) is 0.928. The molecule has 160 valence electrons. The van der Waals surface area contributed by atoms with Crippen LogP contribution in [-0.4, -0.2) is 32.0 Å². The summed E-state index contributed by atoms with van der Waals surface area (Å²) in [6.07, 6.45) is 2.30. The van der Waals surface area contributed by atoms with Crippen molar-refractivity contribution in [1.29, 1.82) is 0 Å². The lowest BCUT2D eigenvalue weighted by atomic mass is 10.00. The summed E-state index contributed by atoms with van der Waals surface area (Å²) in [6, 6.07) is 16.6. The first kappa shape index (κ1) is 23.7. The molecular formula is C23H29IN4O2. The maximum absolute atomic E-state index is 12.0. The molecule has 1 aromatic heterocycles. The number of furan rings is 1. The van der Waals surface area contributed by atoms with E-state index in [1.165, 1.54) is 22.6 Å². The van der Waals surface area contributed by atoms with E-state index in [2.05, 4.69) is 70.3 Å². The van der Waals surface area contributed by atoms with E-state index >= 15 is 0 Å². The van der Waals surface area contributed by atoms with E-state index in [9.17, 15) is 4.79 Å². The minimum absolute atomic E-state index is 0. The van der Waals surface area contributed by atoms with Gasteiger partial charge in [-0.05, 0) is 42.7 Å². The number of rotatable bonds is 7. The standard InChI is InChI=1S/C23H28N4O2.HI/c1-16-12-15-29-21(16)22(28)25-13-7-14-26-23(24-3)27-17(2)19-11-6-9-18-8-4-5-10-20(18)19;/h4-6,8-12,15,17H,7,13-14H2,1-3H3,(H,25,28)(H2,24,26,27);1H. The number of amides is 1. The van der Waals surface area contributed by atoms with Gasteiger partial charge in [0.1, 0.15) is 0 Å². The van der Waals surface area contributed by atoms with E-state index in [-0.39, 0.29) is 35.9 Å². The monoisotopic (exact) mass is 520 g/mol. The van der Waals surface area contributed by atoms with Gasteiger partial charge >= 0.3 is 0 Å². The van der Waals surface area contributed by atoms with Crippen molar-refractivity contribution >= 4 is 46.6 Å². The van der Waals surface area contributed by atoms with E-state index in [4.69, 9.17) is 4.42 Å². The third-order valence-electron chi connectivity index (χ3n) is 4.87. The van der Waals surface area contributed by atoms with E-state index in [1.54, 1.807) is 13.1 Å². The van der Waals surface area contributed by atoms with Gasteiger partial charge in [-0.25, -0.2) is 0 Å². The molecule has 1 atom stereocenters. The number of nitrogens with one attached hydrogen (secondary N) is 3. The third-order valence-corrected chi connectivity index (χ3v) is 4.87. The highest BCUT2D eigenvalue weighted by Gasteiger charge is 2.12. The number of fused-ring (bicyclic) bond motifs is 1. The maximum Gasteiger partial charge on any atom is 0.287 e. The molecule has 0 aliphatic carbocycles. The zero-order chi connectivity index (χ0) is 20.6. The number of hydrogen-bond acceptors (Lipinski definition) is 3. The van der Waals surface area contributed by atoms with Crippen LogP contribution in [0.25, 0.3) is 10.8 Å². The van der Waals surface area contributed by atoms with Gasteiger partial charge in [-0.15, -0.1) is 24.0 Å². The summed E-state index contributed by atoms with van der Waals surface area (Å²) in [4.78, 5) is 16.3. The predicted molar refractivity (Wildman–Crippen MR) is 133 cm³/mol. The smallest absolute Gasteiger partial charge is 0.287 e. The number of carbonyl (C=O) groups excluding carboxylic acids is 1. The number of nitrogens with zero attached hydrogens (tertiary/aromatic N) is 1.